The highest BCUT2D eigenvalue weighted by atomic mass is 32.1. The largest absolute Gasteiger partial charge is 0.456 e. The topological polar surface area (TPSA) is 45.7 Å². The molecule has 0 aliphatic heterocycles. The standard InChI is InChI=1S/C49H31N3O2S/c1-4-15-32(16-5-1)49-50-41-30-36(52(34-19-8-3-9-20-34)42-24-14-23-39-38-22-11-13-26-46(38)55-48(39)42)31-43(47(41)54-49)51(33-17-6-2-7-18-33)35-27-28-45-40(29-35)37-21-10-12-25-44(37)53-45/h1-31H. The summed E-state index contributed by atoms with van der Waals surface area (Å²) >= 11 is 1.82. The second kappa shape index (κ2) is 12.8. The van der Waals surface area contributed by atoms with Crippen LogP contribution in [0.15, 0.2) is 197 Å². The Labute approximate surface area is 320 Å². The maximum absolute atomic E-state index is 6.82. The SMILES string of the molecule is c1ccc(-c2nc3cc(N(c4ccccc4)c4cccc5c4sc4ccccc45)cc(N(c4ccccc4)c4ccc5oc6ccccc6c5c4)c3o2)cc1. The van der Waals surface area contributed by atoms with Gasteiger partial charge in [-0.2, -0.15) is 0 Å². The van der Waals surface area contributed by atoms with E-state index in [2.05, 4.69) is 149 Å². The monoisotopic (exact) mass is 725 g/mol. The zero-order valence-electron chi connectivity index (χ0n) is 29.5. The summed E-state index contributed by atoms with van der Waals surface area (Å²) in [5.74, 6) is 0.566. The Hall–Kier alpha value is -7.15. The molecule has 11 rings (SSSR count). The maximum Gasteiger partial charge on any atom is 0.227 e. The van der Waals surface area contributed by atoms with Gasteiger partial charge in [0.05, 0.1) is 21.8 Å². The highest BCUT2D eigenvalue weighted by molar-refractivity contribution is 7.26. The summed E-state index contributed by atoms with van der Waals surface area (Å²) in [6.45, 7) is 0. The van der Waals surface area contributed by atoms with E-state index in [0.717, 1.165) is 67.1 Å². The van der Waals surface area contributed by atoms with Gasteiger partial charge in [-0.3, -0.25) is 0 Å². The summed E-state index contributed by atoms with van der Waals surface area (Å²) in [6, 6.07) is 65.4. The molecule has 0 unspecified atom stereocenters. The fraction of sp³-hybridized carbons (Fsp3) is 0. The summed E-state index contributed by atoms with van der Waals surface area (Å²) in [7, 11) is 0. The lowest BCUT2D eigenvalue weighted by Crippen LogP contribution is -2.13. The van der Waals surface area contributed by atoms with Gasteiger partial charge in [0.15, 0.2) is 5.58 Å². The third kappa shape index (κ3) is 5.26. The Kier molecular flexibility index (Phi) is 7.28. The van der Waals surface area contributed by atoms with Gasteiger partial charge in [0.25, 0.3) is 0 Å². The number of hydrogen-bond donors (Lipinski definition) is 0. The van der Waals surface area contributed by atoms with E-state index in [-0.39, 0.29) is 0 Å². The predicted octanol–water partition coefficient (Wildman–Crippen LogP) is 14.7. The third-order valence-electron chi connectivity index (χ3n) is 10.2. The summed E-state index contributed by atoms with van der Waals surface area (Å²) in [6.07, 6.45) is 0. The highest BCUT2D eigenvalue weighted by Crippen LogP contribution is 2.49. The molecular formula is C49H31N3O2S. The first-order valence-electron chi connectivity index (χ1n) is 18.3. The molecule has 0 radical (unpaired) electrons. The Morgan fingerprint density at radius 2 is 1.05 bits per heavy atom. The lowest BCUT2D eigenvalue weighted by Gasteiger charge is -2.29. The second-order valence-corrected chi connectivity index (χ2v) is 14.6. The van der Waals surface area contributed by atoms with Gasteiger partial charge in [-0.05, 0) is 84.9 Å². The van der Waals surface area contributed by atoms with Crippen molar-refractivity contribution in [2.45, 2.75) is 0 Å². The van der Waals surface area contributed by atoms with Crippen molar-refractivity contribution >= 4 is 98.7 Å². The number of benzene rings is 8. The molecule has 55 heavy (non-hydrogen) atoms. The van der Waals surface area contributed by atoms with Gasteiger partial charge in [-0.25, -0.2) is 4.98 Å². The average Bonchev–Trinajstić information content (AvgIpc) is 3.96. The highest BCUT2D eigenvalue weighted by Gasteiger charge is 2.26. The molecule has 0 N–H and O–H groups in total. The number of thiophene rings is 1. The molecule has 5 nitrogen and oxygen atoms in total. The van der Waals surface area contributed by atoms with Crippen molar-refractivity contribution < 1.29 is 8.83 Å². The van der Waals surface area contributed by atoms with Gasteiger partial charge in [-0.1, -0.05) is 103 Å². The molecule has 0 aliphatic rings. The van der Waals surface area contributed by atoms with Gasteiger partial charge in [0.2, 0.25) is 5.89 Å². The number of nitrogens with zero attached hydrogens (tertiary/aromatic N) is 3. The smallest absolute Gasteiger partial charge is 0.227 e. The Morgan fingerprint density at radius 1 is 0.418 bits per heavy atom. The molecule has 260 valence electrons. The molecular weight excluding hydrogens is 695 g/mol. The fourth-order valence-corrected chi connectivity index (χ4v) is 8.98. The third-order valence-corrected chi connectivity index (χ3v) is 11.5. The van der Waals surface area contributed by atoms with Gasteiger partial charge in [0.1, 0.15) is 16.7 Å². The van der Waals surface area contributed by atoms with Crippen LogP contribution >= 0.6 is 11.3 Å². The fourth-order valence-electron chi connectivity index (χ4n) is 7.77. The number of fused-ring (bicyclic) bond motifs is 7. The van der Waals surface area contributed by atoms with Crippen LogP contribution in [0.4, 0.5) is 34.1 Å². The molecule has 0 fully saturated rings. The molecule has 0 aliphatic carbocycles. The summed E-state index contributed by atoms with van der Waals surface area (Å²) < 4.78 is 15.6. The summed E-state index contributed by atoms with van der Waals surface area (Å²) in [5, 5.41) is 4.62. The lowest BCUT2D eigenvalue weighted by atomic mass is 10.1. The van der Waals surface area contributed by atoms with Gasteiger partial charge in [-0.15, -0.1) is 11.3 Å². The van der Waals surface area contributed by atoms with Crippen molar-refractivity contribution in [2.24, 2.45) is 0 Å². The zero-order valence-corrected chi connectivity index (χ0v) is 30.3. The quantitative estimate of drug-likeness (QED) is 0.164. The lowest BCUT2D eigenvalue weighted by molar-refractivity contribution is 0.620. The molecule has 6 heteroatoms. The van der Waals surface area contributed by atoms with Crippen LogP contribution in [0.1, 0.15) is 0 Å². The van der Waals surface area contributed by atoms with E-state index in [1.165, 1.54) is 20.2 Å². The molecule has 0 saturated heterocycles. The number of rotatable bonds is 7. The van der Waals surface area contributed by atoms with E-state index < -0.39 is 0 Å². The van der Waals surface area contributed by atoms with Crippen LogP contribution in [0, 0.1) is 0 Å². The number of aromatic nitrogens is 1. The van der Waals surface area contributed by atoms with Crippen molar-refractivity contribution in [1.82, 2.24) is 4.98 Å². The Bertz CT molecular complexity index is 3170. The minimum Gasteiger partial charge on any atom is -0.456 e. The van der Waals surface area contributed by atoms with Gasteiger partial charge in [0, 0.05) is 48.9 Å². The minimum absolute atomic E-state index is 0.566. The molecule has 3 heterocycles. The van der Waals surface area contributed by atoms with E-state index in [9.17, 15) is 0 Å². The molecule has 8 aromatic carbocycles. The molecule has 0 amide bonds. The molecule has 0 bridgehead atoms. The van der Waals surface area contributed by atoms with Crippen molar-refractivity contribution in [2.75, 3.05) is 9.80 Å². The van der Waals surface area contributed by atoms with E-state index in [1.807, 2.05) is 59.9 Å². The van der Waals surface area contributed by atoms with Crippen LogP contribution < -0.4 is 9.80 Å². The van der Waals surface area contributed by atoms with Crippen LogP contribution in [-0.2, 0) is 0 Å². The zero-order chi connectivity index (χ0) is 36.3. The minimum atomic E-state index is 0.566. The first-order valence-corrected chi connectivity index (χ1v) is 19.1. The summed E-state index contributed by atoms with van der Waals surface area (Å²) in [5.41, 5.74) is 10.00. The van der Waals surface area contributed by atoms with Crippen molar-refractivity contribution in [3.63, 3.8) is 0 Å². The number of furan rings is 1. The maximum atomic E-state index is 6.82. The van der Waals surface area contributed by atoms with E-state index in [0.29, 0.717) is 11.5 Å². The van der Waals surface area contributed by atoms with Gasteiger partial charge >= 0.3 is 0 Å². The predicted molar refractivity (Wildman–Crippen MR) is 229 cm³/mol. The normalized spacial score (nSPS) is 11.6. The first kappa shape index (κ1) is 31.4. The number of anilines is 6. The molecule has 3 aromatic heterocycles. The number of oxazole rings is 1. The average molecular weight is 726 g/mol. The van der Waals surface area contributed by atoms with Gasteiger partial charge < -0.3 is 18.6 Å². The Morgan fingerprint density at radius 3 is 1.84 bits per heavy atom. The molecule has 0 spiro atoms. The first-order chi connectivity index (χ1) is 27.3. The number of para-hydroxylation sites is 3. The Balaban J connectivity index is 1.21. The van der Waals surface area contributed by atoms with E-state index >= 15 is 0 Å². The van der Waals surface area contributed by atoms with Crippen LogP contribution in [0.25, 0.3) is 64.7 Å². The van der Waals surface area contributed by atoms with Crippen LogP contribution in [0.3, 0.4) is 0 Å². The number of hydrogen-bond acceptors (Lipinski definition) is 6. The van der Waals surface area contributed by atoms with Crippen LogP contribution in [0.2, 0.25) is 0 Å². The van der Waals surface area contributed by atoms with E-state index in [1.54, 1.807) is 0 Å². The molecule has 11 aromatic rings. The summed E-state index contributed by atoms with van der Waals surface area (Å²) in [4.78, 5) is 9.82. The van der Waals surface area contributed by atoms with Crippen molar-refractivity contribution in [1.29, 1.82) is 0 Å². The molecule has 0 saturated carbocycles. The molecule has 0 atom stereocenters. The van der Waals surface area contributed by atoms with Crippen LogP contribution in [-0.4, -0.2) is 4.98 Å². The van der Waals surface area contributed by atoms with Crippen molar-refractivity contribution in [3.8, 4) is 11.5 Å². The van der Waals surface area contributed by atoms with Crippen molar-refractivity contribution in [3.05, 3.63) is 188 Å². The van der Waals surface area contributed by atoms with E-state index in [4.69, 9.17) is 13.8 Å². The second-order valence-electron chi connectivity index (χ2n) is 13.6. The van der Waals surface area contributed by atoms with Crippen LogP contribution in [0.5, 0.6) is 0 Å².